The normalized spacial score (nSPS) is 16.7. The van der Waals surface area contributed by atoms with Gasteiger partial charge in [-0.15, -0.1) is 0 Å². The summed E-state index contributed by atoms with van der Waals surface area (Å²) >= 11 is 12.0. The number of ether oxygens (including phenoxy) is 1. The van der Waals surface area contributed by atoms with Gasteiger partial charge in [0.2, 0.25) is 0 Å². The number of halogens is 2. The van der Waals surface area contributed by atoms with Crippen molar-refractivity contribution in [1.82, 2.24) is 0 Å². The van der Waals surface area contributed by atoms with E-state index in [1.165, 1.54) is 0 Å². The van der Waals surface area contributed by atoms with Gasteiger partial charge in [-0.05, 0) is 25.0 Å². The Hall–Kier alpha value is -0.970. The van der Waals surface area contributed by atoms with Gasteiger partial charge in [0.25, 0.3) is 0 Å². The van der Waals surface area contributed by atoms with Crippen LogP contribution in [0.2, 0.25) is 10.0 Å². The summed E-state index contributed by atoms with van der Waals surface area (Å²) in [5.41, 5.74) is 0.813. The highest BCUT2D eigenvalue weighted by molar-refractivity contribution is 6.39. The molecular formula is C13H15Cl2NO3. The molecule has 0 atom stereocenters. The number of carboxylic acid groups (broad SMARTS) is 1. The highest BCUT2D eigenvalue weighted by atomic mass is 35.5. The molecule has 0 unspecified atom stereocenters. The van der Waals surface area contributed by atoms with E-state index in [4.69, 9.17) is 33.0 Å². The third-order valence-corrected chi connectivity index (χ3v) is 3.98. The van der Waals surface area contributed by atoms with Crippen LogP contribution in [-0.2, 0) is 4.74 Å². The van der Waals surface area contributed by atoms with Crippen LogP contribution in [0, 0.1) is 0 Å². The van der Waals surface area contributed by atoms with E-state index in [9.17, 15) is 4.79 Å². The number of rotatable bonds is 3. The molecule has 1 saturated heterocycles. The number of aromatic carboxylic acids is 1. The van der Waals surface area contributed by atoms with Crippen molar-refractivity contribution in [3.8, 4) is 0 Å². The largest absolute Gasteiger partial charge is 0.478 e. The standard InChI is InChI=1S/C13H15Cl2NO3/c1-19-9-2-4-16(5-3-9)8-6-10(14)12(13(17)18)11(15)7-8/h6-7,9H,2-5H2,1H3,(H,17,18). The first-order valence-corrected chi connectivity index (χ1v) is 6.78. The van der Waals surface area contributed by atoms with Crippen LogP contribution < -0.4 is 4.90 Å². The van der Waals surface area contributed by atoms with Crippen molar-refractivity contribution in [3.63, 3.8) is 0 Å². The summed E-state index contributed by atoms with van der Waals surface area (Å²) < 4.78 is 5.32. The van der Waals surface area contributed by atoms with Crippen LogP contribution in [0.3, 0.4) is 0 Å². The Labute approximate surface area is 121 Å². The Morgan fingerprint density at radius 2 is 1.84 bits per heavy atom. The predicted molar refractivity (Wildman–Crippen MR) is 75.7 cm³/mol. The number of hydrogen-bond acceptors (Lipinski definition) is 3. The molecule has 2 rings (SSSR count). The third kappa shape index (κ3) is 3.14. The molecule has 4 nitrogen and oxygen atoms in total. The van der Waals surface area contributed by atoms with Crippen molar-refractivity contribution in [2.24, 2.45) is 0 Å². The van der Waals surface area contributed by atoms with E-state index in [1.807, 2.05) is 0 Å². The topological polar surface area (TPSA) is 49.8 Å². The molecule has 0 aromatic heterocycles. The highest BCUT2D eigenvalue weighted by Crippen LogP contribution is 2.32. The quantitative estimate of drug-likeness (QED) is 0.931. The first-order valence-electron chi connectivity index (χ1n) is 6.03. The molecule has 1 N–H and O–H groups in total. The fourth-order valence-corrected chi connectivity index (χ4v) is 2.93. The lowest BCUT2D eigenvalue weighted by molar-refractivity contribution is 0.0697. The average molecular weight is 304 g/mol. The maximum Gasteiger partial charge on any atom is 0.338 e. The van der Waals surface area contributed by atoms with E-state index in [2.05, 4.69) is 4.90 Å². The van der Waals surface area contributed by atoms with Crippen LogP contribution in [0.4, 0.5) is 5.69 Å². The van der Waals surface area contributed by atoms with Gasteiger partial charge in [0, 0.05) is 25.9 Å². The van der Waals surface area contributed by atoms with Crippen LogP contribution in [-0.4, -0.2) is 37.4 Å². The fraction of sp³-hybridized carbons (Fsp3) is 0.462. The molecule has 104 valence electrons. The number of carboxylic acids is 1. The second-order valence-electron chi connectivity index (χ2n) is 4.51. The number of carbonyl (C=O) groups is 1. The van der Waals surface area contributed by atoms with Crippen LogP contribution >= 0.6 is 23.2 Å². The number of benzene rings is 1. The Balaban J connectivity index is 2.21. The van der Waals surface area contributed by atoms with Gasteiger partial charge < -0.3 is 14.7 Å². The van der Waals surface area contributed by atoms with Crippen molar-refractivity contribution in [1.29, 1.82) is 0 Å². The number of methoxy groups -OCH3 is 1. The van der Waals surface area contributed by atoms with Gasteiger partial charge in [0.1, 0.15) is 0 Å². The molecule has 1 aliphatic rings. The van der Waals surface area contributed by atoms with E-state index in [-0.39, 0.29) is 15.6 Å². The molecular weight excluding hydrogens is 289 g/mol. The molecule has 0 saturated carbocycles. The van der Waals surface area contributed by atoms with E-state index in [0.29, 0.717) is 6.10 Å². The maximum atomic E-state index is 11.0. The summed E-state index contributed by atoms with van der Waals surface area (Å²) in [6, 6.07) is 3.31. The van der Waals surface area contributed by atoms with E-state index in [0.717, 1.165) is 31.6 Å². The molecule has 6 heteroatoms. The molecule has 0 spiro atoms. The zero-order valence-corrected chi connectivity index (χ0v) is 12.0. The van der Waals surface area contributed by atoms with Gasteiger partial charge in [-0.2, -0.15) is 0 Å². The predicted octanol–water partition coefficient (Wildman–Crippen LogP) is 3.31. The Bertz CT molecular complexity index is 462. The smallest absolute Gasteiger partial charge is 0.338 e. The van der Waals surface area contributed by atoms with Gasteiger partial charge >= 0.3 is 5.97 Å². The minimum Gasteiger partial charge on any atom is -0.478 e. The zero-order chi connectivity index (χ0) is 14.0. The highest BCUT2D eigenvalue weighted by Gasteiger charge is 2.21. The number of nitrogens with zero attached hydrogens (tertiary/aromatic N) is 1. The number of hydrogen-bond donors (Lipinski definition) is 1. The second kappa shape index (κ2) is 5.99. The number of piperidine rings is 1. The van der Waals surface area contributed by atoms with Crippen molar-refractivity contribution in [2.75, 3.05) is 25.1 Å². The summed E-state index contributed by atoms with van der Waals surface area (Å²) in [5.74, 6) is -1.11. The summed E-state index contributed by atoms with van der Waals surface area (Å²) in [7, 11) is 1.72. The summed E-state index contributed by atoms with van der Waals surface area (Å²) in [6.07, 6.45) is 2.17. The maximum absolute atomic E-state index is 11.0. The fourth-order valence-electron chi connectivity index (χ4n) is 2.30. The molecule has 1 heterocycles. The van der Waals surface area contributed by atoms with Crippen LogP contribution in [0.25, 0.3) is 0 Å². The molecule has 1 aromatic rings. The van der Waals surface area contributed by atoms with Gasteiger partial charge in [-0.3, -0.25) is 0 Å². The van der Waals surface area contributed by atoms with E-state index in [1.54, 1.807) is 19.2 Å². The SMILES string of the molecule is COC1CCN(c2cc(Cl)c(C(=O)O)c(Cl)c2)CC1. The van der Waals surface area contributed by atoms with Crippen molar-refractivity contribution >= 4 is 34.9 Å². The molecule has 0 bridgehead atoms. The Morgan fingerprint density at radius 1 is 1.32 bits per heavy atom. The van der Waals surface area contributed by atoms with Gasteiger partial charge in [0.05, 0.1) is 21.7 Å². The Kier molecular flexibility index (Phi) is 4.55. The van der Waals surface area contributed by atoms with Crippen LogP contribution in [0.5, 0.6) is 0 Å². The van der Waals surface area contributed by atoms with E-state index < -0.39 is 5.97 Å². The molecule has 0 amide bonds. The molecule has 19 heavy (non-hydrogen) atoms. The van der Waals surface area contributed by atoms with E-state index >= 15 is 0 Å². The molecule has 0 radical (unpaired) electrons. The lowest BCUT2D eigenvalue weighted by Gasteiger charge is -2.33. The molecule has 1 aromatic carbocycles. The first kappa shape index (κ1) is 14.4. The second-order valence-corrected chi connectivity index (χ2v) is 5.33. The van der Waals surface area contributed by atoms with Crippen molar-refractivity contribution in [3.05, 3.63) is 27.7 Å². The minimum atomic E-state index is -1.11. The van der Waals surface area contributed by atoms with Crippen molar-refractivity contribution < 1.29 is 14.6 Å². The average Bonchev–Trinajstić information content (AvgIpc) is 2.37. The van der Waals surface area contributed by atoms with Crippen LogP contribution in [0.15, 0.2) is 12.1 Å². The molecule has 0 aliphatic carbocycles. The third-order valence-electron chi connectivity index (χ3n) is 3.38. The van der Waals surface area contributed by atoms with Gasteiger partial charge in [-0.1, -0.05) is 23.2 Å². The lowest BCUT2D eigenvalue weighted by atomic mass is 10.1. The minimum absolute atomic E-state index is 0.0427. The summed E-state index contributed by atoms with van der Waals surface area (Å²) in [4.78, 5) is 13.2. The van der Waals surface area contributed by atoms with Crippen molar-refractivity contribution in [2.45, 2.75) is 18.9 Å². The first-order chi connectivity index (χ1) is 9.02. The summed E-state index contributed by atoms with van der Waals surface area (Å²) in [5, 5.41) is 9.36. The zero-order valence-electron chi connectivity index (χ0n) is 10.5. The Morgan fingerprint density at radius 3 is 2.26 bits per heavy atom. The molecule has 1 aliphatic heterocycles. The number of anilines is 1. The summed E-state index contributed by atoms with van der Waals surface area (Å²) in [6.45, 7) is 1.69. The monoisotopic (exact) mass is 303 g/mol. The molecule has 1 fully saturated rings. The van der Waals surface area contributed by atoms with Crippen LogP contribution in [0.1, 0.15) is 23.2 Å². The van der Waals surface area contributed by atoms with Gasteiger partial charge in [0.15, 0.2) is 0 Å². The van der Waals surface area contributed by atoms with Gasteiger partial charge in [-0.25, -0.2) is 4.79 Å². The lowest BCUT2D eigenvalue weighted by Crippen LogP contribution is -2.36.